The van der Waals surface area contributed by atoms with Crippen molar-refractivity contribution in [1.29, 1.82) is 0 Å². The number of hydrogen-bond donors (Lipinski definition) is 2. The van der Waals surface area contributed by atoms with E-state index in [0.29, 0.717) is 13.2 Å². The normalized spacial score (nSPS) is 10.2. The highest BCUT2D eigenvalue weighted by Crippen LogP contribution is 1.78. The molecule has 0 aliphatic rings. The van der Waals surface area contributed by atoms with Crippen LogP contribution < -0.4 is 17.0 Å². The lowest BCUT2D eigenvalue weighted by molar-refractivity contribution is 0.0797. The van der Waals surface area contributed by atoms with Gasteiger partial charge in [0.25, 0.3) is 5.56 Å². The highest BCUT2D eigenvalue weighted by Gasteiger charge is 1.94. The predicted octanol–water partition coefficient (Wildman–Crippen LogP) is -1.53. The number of nitrogens with zero attached hydrogens (tertiary/aromatic N) is 1. The van der Waals surface area contributed by atoms with Gasteiger partial charge in [-0.1, -0.05) is 0 Å². The fourth-order valence-electron chi connectivity index (χ4n) is 0.792. The molecule has 0 amide bonds. The molecule has 0 fully saturated rings. The van der Waals surface area contributed by atoms with Crippen molar-refractivity contribution in [1.82, 2.24) is 9.55 Å². The minimum absolute atomic E-state index is 0.104. The molecule has 0 aromatic carbocycles. The first-order valence-electron chi connectivity index (χ1n) is 3.81. The molecule has 0 saturated heterocycles. The molecule has 1 rings (SSSR count). The molecule has 0 unspecified atom stereocenters. The molecule has 1 aromatic rings. The second-order valence-corrected chi connectivity index (χ2v) is 2.41. The molecular formula is C7H11N3O3. The van der Waals surface area contributed by atoms with E-state index in [1.165, 1.54) is 16.8 Å². The van der Waals surface area contributed by atoms with Crippen LogP contribution in [0.15, 0.2) is 21.9 Å². The molecule has 1 heterocycles. The molecule has 0 aliphatic carbocycles. The van der Waals surface area contributed by atoms with Crippen LogP contribution in [0.3, 0.4) is 0 Å². The van der Waals surface area contributed by atoms with Crippen molar-refractivity contribution in [3.8, 4) is 0 Å². The van der Waals surface area contributed by atoms with E-state index in [2.05, 4.69) is 4.98 Å². The molecule has 0 spiro atoms. The van der Waals surface area contributed by atoms with Crippen molar-refractivity contribution in [2.75, 3.05) is 13.2 Å². The molecule has 13 heavy (non-hydrogen) atoms. The lowest BCUT2D eigenvalue weighted by atomic mass is 10.6. The average molecular weight is 185 g/mol. The van der Waals surface area contributed by atoms with Crippen molar-refractivity contribution >= 4 is 0 Å². The first kappa shape index (κ1) is 9.69. The van der Waals surface area contributed by atoms with E-state index in [0.717, 1.165) is 0 Å². The number of aromatic nitrogens is 2. The van der Waals surface area contributed by atoms with Crippen molar-refractivity contribution in [3.05, 3.63) is 33.1 Å². The van der Waals surface area contributed by atoms with Crippen LogP contribution in [-0.2, 0) is 11.5 Å². The van der Waals surface area contributed by atoms with E-state index in [1.807, 2.05) is 0 Å². The lowest BCUT2D eigenvalue weighted by Gasteiger charge is -2.03. The zero-order valence-corrected chi connectivity index (χ0v) is 7.03. The summed E-state index contributed by atoms with van der Waals surface area (Å²) >= 11 is 0. The van der Waals surface area contributed by atoms with E-state index in [9.17, 15) is 9.59 Å². The zero-order chi connectivity index (χ0) is 9.68. The van der Waals surface area contributed by atoms with Gasteiger partial charge in [-0.2, -0.15) is 0 Å². The summed E-state index contributed by atoms with van der Waals surface area (Å²) < 4.78 is 6.25. The van der Waals surface area contributed by atoms with Crippen LogP contribution in [-0.4, -0.2) is 22.7 Å². The molecule has 1 aromatic heterocycles. The van der Waals surface area contributed by atoms with Gasteiger partial charge in [-0.25, -0.2) is 4.79 Å². The van der Waals surface area contributed by atoms with E-state index >= 15 is 0 Å². The Bertz CT molecular complexity index is 368. The minimum atomic E-state index is -0.482. The summed E-state index contributed by atoms with van der Waals surface area (Å²) in [4.78, 5) is 23.8. The summed E-state index contributed by atoms with van der Waals surface area (Å²) in [7, 11) is 0. The van der Waals surface area contributed by atoms with Gasteiger partial charge in [-0.05, 0) is 0 Å². The van der Waals surface area contributed by atoms with Crippen molar-refractivity contribution in [2.24, 2.45) is 5.73 Å². The van der Waals surface area contributed by atoms with Gasteiger partial charge in [0.1, 0.15) is 6.73 Å². The van der Waals surface area contributed by atoms with Crippen LogP contribution in [0.2, 0.25) is 0 Å². The zero-order valence-electron chi connectivity index (χ0n) is 7.03. The van der Waals surface area contributed by atoms with E-state index < -0.39 is 11.2 Å². The fraction of sp³-hybridized carbons (Fsp3) is 0.429. The van der Waals surface area contributed by atoms with Crippen LogP contribution in [0.25, 0.3) is 0 Å². The Morgan fingerprint density at radius 2 is 2.31 bits per heavy atom. The van der Waals surface area contributed by atoms with Crippen LogP contribution >= 0.6 is 0 Å². The third kappa shape index (κ3) is 2.85. The molecule has 3 N–H and O–H groups in total. The predicted molar refractivity (Wildman–Crippen MR) is 46.3 cm³/mol. The average Bonchev–Trinajstić information content (AvgIpc) is 2.09. The Kier molecular flexibility index (Phi) is 3.41. The Morgan fingerprint density at radius 3 is 2.92 bits per heavy atom. The van der Waals surface area contributed by atoms with Crippen LogP contribution in [0.1, 0.15) is 0 Å². The monoisotopic (exact) mass is 185 g/mol. The SMILES string of the molecule is NCCOCn1ccc(=O)[nH]c1=O. The van der Waals surface area contributed by atoms with Gasteiger partial charge in [0.15, 0.2) is 0 Å². The third-order valence-electron chi connectivity index (χ3n) is 1.39. The molecule has 0 saturated carbocycles. The molecule has 0 atom stereocenters. The highest BCUT2D eigenvalue weighted by atomic mass is 16.5. The van der Waals surface area contributed by atoms with Crippen molar-refractivity contribution in [2.45, 2.75) is 6.73 Å². The van der Waals surface area contributed by atoms with Crippen LogP contribution in [0.4, 0.5) is 0 Å². The largest absolute Gasteiger partial charge is 0.359 e. The summed E-state index contributed by atoms with van der Waals surface area (Å²) in [6, 6.07) is 1.26. The van der Waals surface area contributed by atoms with Gasteiger partial charge in [-0.3, -0.25) is 14.3 Å². The summed E-state index contributed by atoms with van der Waals surface area (Å²) in [6.07, 6.45) is 1.37. The van der Waals surface area contributed by atoms with Crippen molar-refractivity contribution < 1.29 is 4.74 Å². The standard InChI is InChI=1S/C7H11N3O3/c8-2-4-13-5-10-3-1-6(11)9-7(10)12/h1,3H,2,4-5,8H2,(H,9,11,12). The molecular weight excluding hydrogens is 174 g/mol. The molecule has 0 aliphatic heterocycles. The fourth-order valence-corrected chi connectivity index (χ4v) is 0.792. The van der Waals surface area contributed by atoms with Gasteiger partial charge >= 0.3 is 5.69 Å². The number of hydrogen-bond acceptors (Lipinski definition) is 4. The Labute approximate surface area is 74.0 Å². The lowest BCUT2D eigenvalue weighted by Crippen LogP contribution is -2.29. The first-order valence-corrected chi connectivity index (χ1v) is 3.81. The van der Waals surface area contributed by atoms with Crippen LogP contribution in [0.5, 0.6) is 0 Å². The Morgan fingerprint density at radius 1 is 1.54 bits per heavy atom. The summed E-state index contributed by atoms with van der Waals surface area (Å²) in [5.74, 6) is 0. The molecule has 0 bridgehead atoms. The number of H-pyrrole nitrogens is 1. The van der Waals surface area contributed by atoms with Gasteiger partial charge in [0.05, 0.1) is 6.61 Å². The van der Waals surface area contributed by atoms with E-state index in [-0.39, 0.29) is 6.73 Å². The van der Waals surface area contributed by atoms with Crippen molar-refractivity contribution in [3.63, 3.8) is 0 Å². The maximum Gasteiger partial charge on any atom is 0.330 e. The van der Waals surface area contributed by atoms with Gasteiger partial charge in [0, 0.05) is 18.8 Å². The van der Waals surface area contributed by atoms with Gasteiger partial charge < -0.3 is 10.5 Å². The minimum Gasteiger partial charge on any atom is -0.359 e. The second kappa shape index (κ2) is 4.58. The topological polar surface area (TPSA) is 90.1 Å². The molecule has 6 nitrogen and oxygen atoms in total. The smallest absolute Gasteiger partial charge is 0.330 e. The van der Waals surface area contributed by atoms with Gasteiger partial charge in [-0.15, -0.1) is 0 Å². The first-order chi connectivity index (χ1) is 6.24. The number of nitrogens with two attached hydrogens (primary N) is 1. The third-order valence-corrected chi connectivity index (χ3v) is 1.39. The number of rotatable bonds is 4. The molecule has 6 heteroatoms. The molecule has 72 valence electrons. The number of ether oxygens (including phenoxy) is 1. The maximum absolute atomic E-state index is 11.0. The van der Waals surface area contributed by atoms with E-state index in [4.69, 9.17) is 10.5 Å². The van der Waals surface area contributed by atoms with Crippen LogP contribution in [0, 0.1) is 0 Å². The Hall–Kier alpha value is -1.40. The summed E-state index contributed by atoms with van der Waals surface area (Å²) in [6.45, 7) is 0.885. The van der Waals surface area contributed by atoms with Gasteiger partial charge in [0.2, 0.25) is 0 Å². The molecule has 0 radical (unpaired) electrons. The summed E-state index contributed by atoms with van der Waals surface area (Å²) in [5.41, 5.74) is 4.29. The van der Waals surface area contributed by atoms with E-state index in [1.54, 1.807) is 0 Å². The Balaban J connectivity index is 2.67. The maximum atomic E-state index is 11.0. The second-order valence-electron chi connectivity index (χ2n) is 2.41. The quantitative estimate of drug-likeness (QED) is 0.557. The summed E-state index contributed by atoms with van der Waals surface area (Å²) in [5, 5.41) is 0. The highest BCUT2D eigenvalue weighted by molar-refractivity contribution is 4.81. The number of aromatic amines is 1. The number of nitrogens with one attached hydrogen (secondary N) is 1.